The molecule has 0 radical (unpaired) electrons. The Labute approximate surface area is 230 Å². The third kappa shape index (κ3) is 2.95. The molecule has 0 N–H and O–H groups in total. The quantitative estimate of drug-likeness (QED) is 0.231. The van der Waals surface area contributed by atoms with Gasteiger partial charge in [-0.25, -0.2) is 0 Å². The van der Waals surface area contributed by atoms with Crippen molar-refractivity contribution in [3.05, 3.63) is 102 Å². The number of hydrogen-bond acceptors (Lipinski definition) is 4. The van der Waals surface area contributed by atoms with E-state index in [1.54, 1.807) is 0 Å². The Morgan fingerprint density at radius 3 is 2.17 bits per heavy atom. The smallest absolute Gasteiger partial charge is 0.136 e. The maximum atomic E-state index is 9.77. The van der Waals surface area contributed by atoms with E-state index in [0.717, 1.165) is 71.9 Å². The number of hydrogen-bond donors (Lipinski definition) is 0. The van der Waals surface area contributed by atoms with Crippen molar-refractivity contribution < 1.29 is 4.42 Å². The van der Waals surface area contributed by atoms with Crippen molar-refractivity contribution in [3.63, 3.8) is 0 Å². The average Bonchev–Trinajstić information content (AvgIpc) is 3.51. The number of anilines is 2. The molecule has 5 aromatic carbocycles. The first-order valence-electron chi connectivity index (χ1n) is 13.3. The molecule has 0 aliphatic carbocycles. The van der Waals surface area contributed by atoms with Gasteiger partial charge in [0.15, 0.2) is 0 Å². The Balaban J connectivity index is 1.56. The molecule has 7 aromatic rings. The topological polar surface area (TPSA) is 68.9 Å². The van der Waals surface area contributed by atoms with Crippen LogP contribution in [0.2, 0.25) is 0 Å². The fourth-order valence-corrected chi connectivity index (χ4v) is 6.34. The van der Waals surface area contributed by atoms with Gasteiger partial charge in [0.2, 0.25) is 0 Å². The van der Waals surface area contributed by atoms with Crippen LogP contribution >= 0.6 is 0 Å². The number of para-hydroxylation sites is 1. The van der Waals surface area contributed by atoms with Crippen molar-refractivity contribution in [2.24, 2.45) is 0 Å². The Hall–Kier alpha value is -5.52. The minimum atomic E-state index is 0.152. The third-order valence-electron chi connectivity index (χ3n) is 8.07. The Morgan fingerprint density at radius 1 is 0.625 bits per heavy atom. The van der Waals surface area contributed by atoms with Crippen LogP contribution in [0.5, 0.6) is 0 Å². The summed E-state index contributed by atoms with van der Waals surface area (Å²) in [6, 6.07) is 35.5. The lowest BCUT2D eigenvalue weighted by atomic mass is 9.98. The average molecular weight is 515 g/mol. The van der Waals surface area contributed by atoms with E-state index in [1.807, 2.05) is 54.6 Å². The molecular weight excluding hydrogens is 492 g/mol. The van der Waals surface area contributed by atoms with Crippen LogP contribution in [-0.2, 0) is 0 Å². The molecule has 0 bridgehead atoms. The fraction of sp³-hybridized carbons (Fsp3) is 0.0857. The highest BCUT2D eigenvalue weighted by atomic mass is 16.3. The van der Waals surface area contributed by atoms with E-state index in [-0.39, 0.29) is 6.04 Å². The van der Waals surface area contributed by atoms with Crippen LogP contribution in [0.1, 0.15) is 25.0 Å². The molecule has 0 saturated heterocycles. The summed E-state index contributed by atoms with van der Waals surface area (Å²) in [5.41, 5.74) is 10.5. The van der Waals surface area contributed by atoms with Crippen LogP contribution in [-0.4, -0.2) is 10.6 Å². The van der Waals surface area contributed by atoms with E-state index in [4.69, 9.17) is 4.42 Å². The van der Waals surface area contributed by atoms with Gasteiger partial charge in [-0.05, 0) is 85.6 Å². The highest BCUT2D eigenvalue weighted by Crippen LogP contribution is 2.50. The third-order valence-corrected chi connectivity index (χ3v) is 8.07. The molecule has 0 amide bonds. The maximum Gasteiger partial charge on any atom is 0.136 e. The zero-order valence-corrected chi connectivity index (χ0v) is 21.9. The number of nitrogens with zero attached hydrogens (tertiary/aromatic N) is 4. The molecular formula is C35H22N4O. The van der Waals surface area contributed by atoms with Crippen molar-refractivity contribution >= 4 is 55.1 Å². The van der Waals surface area contributed by atoms with Crippen LogP contribution in [0.25, 0.3) is 60.6 Å². The molecule has 0 atom stereocenters. The number of furan rings is 1. The summed E-state index contributed by atoms with van der Waals surface area (Å²) in [6.45, 7) is 4.36. The molecule has 5 heteroatoms. The summed E-state index contributed by atoms with van der Waals surface area (Å²) in [5.74, 6) is 0. The predicted molar refractivity (Wildman–Crippen MR) is 160 cm³/mol. The maximum absolute atomic E-state index is 9.77. The molecule has 1 aliphatic heterocycles. The molecule has 2 aromatic heterocycles. The van der Waals surface area contributed by atoms with Gasteiger partial charge < -0.3 is 13.9 Å². The van der Waals surface area contributed by atoms with Gasteiger partial charge in [-0.15, -0.1) is 0 Å². The van der Waals surface area contributed by atoms with Crippen molar-refractivity contribution in [2.45, 2.75) is 19.9 Å². The van der Waals surface area contributed by atoms with E-state index in [1.165, 1.54) is 0 Å². The Bertz CT molecular complexity index is 2270. The highest BCUT2D eigenvalue weighted by Gasteiger charge is 2.30. The van der Waals surface area contributed by atoms with Gasteiger partial charge in [0, 0.05) is 27.6 Å². The minimum Gasteiger partial charge on any atom is -0.456 e. The van der Waals surface area contributed by atoms with E-state index >= 15 is 0 Å². The number of nitriles is 2. The summed E-state index contributed by atoms with van der Waals surface area (Å²) in [7, 11) is 0. The van der Waals surface area contributed by atoms with Gasteiger partial charge in [-0.2, -0.15) is 10.5 Å². The second-order valence-electron chi connectivity index (χ2n) is 10.7. The molecule has 3 heterocycles. The number of rotatable bonds is 2. The van der Waals surface area contributed by atoms with Crippen LogP contribution < -0.4 is 4.90 Å². The van der Waals surface area contributed by atoms with Gasteiger partial charge in [-0.3, -0.25) is 0 Å². The summed E-state index contributed by atoms with van der Waals surface area (Å²) in [4.78, 5) is 2.34. The van der Waals surface area contributed by atoms with Crippen molar-refractivity contribution in [3.8, 4) is 29.0 Å². The first-order valence-corrected chi connectivity index (χ1v) is 13.3. The molecule has 0 spiro atoms. The van der Waals surface area contributed by atoms with Gasteiger partial charge in [0.25, 0.3) is 0 Å². The van der Waals surface area contributed by atoms with Crippen molar-refractivity contribution in [1.82, 2.24) is 4.57 Å². The lowest BCUT2D eigenvalue weighted by Gasteiger charge is -2.36. The minimum absolute atomic E-state index is 0.152. The SMILES string of the molecule is CC(C)N1c2cc(C#N)ccc2-n2c3cc4c(cc3c3cc(-c5ccc(C#N)cc5)cc1c32)oc1ccccc14. The lowest BCUT2D eigenvalue weighted by Crippen LogP contribution is -2.29. The largest absolute Gasteiger partial charge is 0.456 e. The molecule has 188 valence electrons. The molecule has 0 unspecified atom stereocenters. The molecule has 8 rings (SSSR count). The van der Waals surface area contributed by atoms with E-state index in [9.17, 15) is 10.5 Å². The summed E-state index contributed by atoms with van der Waals surface area (Å²) >= 11 is 0. The summed E-state index contributed by atoms with van der Waals surface area (Å²) < 4.78 is 8.66. The van der Waals surface area contributed by atoms with E-state index in [2.05, 4.69) is 71.9 Å². The first-order chi connectivity index (χ1) is 19.6. The second kappa shape index (κ2) is 7.99. The predicted octanol–water partition coefficient (Wildman–Crippen LogP) is 8.95. The van der Waals surface area contributed by atoms with Gasteiger partial charge in [-0.1, -0.05) is 30.3 Å². The number of aromatic nitrogens is 1. The second-order valence-corrected chi connectivity index (χ2v) is 10.7. The number of benzene rings is 5. The molecule has 5 nitrogen and oxygen atoms in total. The van der Waals surface area contributed by atoms with Crippen molar-refractivity contribution in [1.29, 1.82) is 10.5 Å². The normalized spacial score (nSPS) is 12.4. The molecule has 40 heavy (non-hydrogen) atoms. The first kappa shape index (κ1) is 22.5. The molecule has 1 aliphatic rings. The highest BCUT2D eigenvalue weighted by molar-refractivity contribution is 6.21. The van der Waals surface area contributed by atoms with Gasteiger partial charge in [0.05, 0.1) is 51.4 Å². The van der Waals surface area contributed by atoms with Crippen LogP contribution in [0.4, 0.5) is 11.4 Å². The molecule has 0 saturated carbocycles. The zero-order chi connectivity index (χ0) is 27.1. The fourth-order valence-electron chi connectivity index (χ4n) is 6.34. The van der Waals surface area contributed by atoms with E-state index in [0.29, 0.717) is 11.1 Å². The Kier molecular flexibility index (Phi) is 4.49. The van der Waals surface area contributed by atoms with Gasteiger partial charge in [0.1, 0.15) is 11.2 Å². The van der Waals surface area contributed by atoms with Crippen LogP contribution in [0.15, 0.2) is 95.4 Å². The van der Waals surface area contributed by atoms with E-state index < -0.39 is 0 Å². The zero-order valence-electron chi connectivity index (χ0n) is 21.9. The monoisotopic (exact) mass is 514 g/mol. The summed E-state index contributed by atoms with van der Waals surface area (Å²) in [5, 5.41) is 23.5. The van der Waals surface area contributed by atoms with Crippen LogP contribution in [0.3, 0.4) is 0 Å². The Morgan fingerprint density at radius 2 is 1.40 bits per heavy atom. The lowest BCUT2D eigenvalue weighted by molar-refractivity contribution is 0.669. The number of fused-ring (bicyclic) bond motifs is 8. The summed E-state index contributed by atoms with van der Waals surface area (Å²) in [6.07, 6.45) is 0. The van der Waals surface area contributed by atoms with Crippen molar-refractivity contribution in [2.75, 3.05) is 4.90 Å². The standard InChI is InChI=1S/C35H22N4O/c1-20(2)38-31-13-22(19-37)9-12-29(31)39-30-16-27-25-5-3-4-6-33(25)40-34(27)17-26(30)28-14-24(15-32(38)35(28)39)23-10-7-21(18-36)8-11-23/h3-17,20H,1-2H3. The van der Waals surface area contributed by atoms with Crippen LogP contribution in [0, 0.1) is 22.7 Å². The van der Waals surface area contributed by atoms with Gasteiger partial charge >= 0.3 is 0 Å². The molecule has 0 fully saturated rings.